The molecular weight excluding hydrogens is 380 g/mol. The predicted octanol–water partition coefficient (Wildman–Crippen LogP) is 3.45. The first kappa shape index (κ1) is 20.9. The number of benzene rings is 2. The molecule has 0 aromatic heterocycles. The number of piperazine rings is 1. The van der Waals surface area contributed by atoms with Gasteiger partial charge < -0.3 is 19.7 Å². The lowest BCUT2D eigenvalue weighted by Crippen LogP contribution is -2.48. The van der Waals surface area contributed by atoms with Crippen LogP contribution in [0.5, 0.6) is 11.5 Å². The first-order valence-electron chi connectivity index (χ1n) is 9.59. The molecule has 156 valence electrons. The number of carbonyl (C=O) groups excluding carboxylic acids is 1. The Morgan fingerprint density at radius 2 is 1.69 bits per heavy atom. The Bertz CT molecular complexity index is 811. The smallest absolute Gasteiger partial charge is 0.387 e. The largest absolute Gasteiger partial charge is 0.492 e. The van der Waals surface area contributed by atoms with Crippen molar-refractivity contribution in [1.82, 2.24) is 4.90 Å². The summed E-state index contributed by atoms with van der Waals surface area (Å²) < 4.78 is 35.2. The average Bonchev–Trinajstić information content (AvgIpc) is 2.70. The van der Waals surface area contributed by atoms with Crippen LogP contribution in [0.4, 0.5) is 20.2 Å². The lowest BCUT2D eigenvalue weighted by Gasteiger charge is -2.36. The summed E-state index contributed by atoms with van der Waals surface area (Å²) in [4.78, 5) is 16.7. The van der Waals surface area contributed by atoms with Crippen LogP contribution in [0.15, 0.2) is 48.5 Å². The van der Waals surface area contributed by atoms with Crippen LogP contribution in [0.1, 0.15) is 6.92 Å². The Balaban J connectivity index is 1.53. The van der Waals surface area contributed by atoms with E-state index in [1.165, 1.54) is 12.1 Å². The predicted molar refractivity (Wildman–Crippen MR) is 108 cm³/mol. The van der Waals surface area contributed by atoms with Crippen molar-refractivity contribution in [2.24, 2.45) is 0 Å². The first-order chi connectivity index (χ1) is 14.1. The van der Waals surface area contributed by atoms with E-state index in [2.05, 4.69) is 15.0 Å². The second kappa shape index (κ2) is 10.1. The standard InChI is InChI=1S/C21H25F2N3O3/c1-2-28-19-10-6-4-8-17(19)26-13-11-25(12-14-26)15-20(27)24-16-7-3-5-9-18(16)29-21(22)23/h3-10,21H,2,11-15H2,1H3,(H,24,27). The van der Waals surface area contributed by atoms with Crippen molar-refractivity contribution in [3.05, 3.63) is 48.5 Å². The Kier molecular flexibility index (Phi) is 7.24. The zero-order valence-corrected chi connectivity index (χ0v) is 16.3. The molecule has 2 aromatic rings. The molecule has 1 N–H and O–H groups in total. The minimum absolute atomic E-state index is 0.0480. The van der Waals surface area contributed by atoms with Crippen molar-refractivity contribution >= 4 is 17.3 Å². The molecule has 2 aromatic carbocycles. The van der Waals surface area contributed by atoms with Crippen molar-refractivity contribution in [3.8, 4) is 11.5 Å². The van der Waals surface area contributed by atoms with Gasteiger partial charge in [0.25, 0.3) is 0 Å². The monoisotopic (exact) mass is 405 g/mol. The molecule has 0 unspecified atom stereocenters. The fourth-order valence-electron chi connectivity index (χ4n) is 3.30. The van der Waals surface area contributed by atoms with Gasteiger partial charge in [-0.3, -0.25) is 9.69 Å². The van der Waals surface area contributed by atoms with Crippen LogP contribution in [-0.2, 0) is 4.79 Å². The summed E-state index contributed by atoms with van der Waals surface area (Å²) in [6.07, 6.45) is 0. The molecule has 0 aliphatic carbocycles. The minimum Gasteiger partial charge on any atom is -0.492 e. The van der Waals surface area contributed by atoms with Gasteiger partial charge in [-0.1, -0.05) is 24.3 Å². The second-order valence-electron chi connectivity index (χ2n) is 6.59. The Morgan fingerprint density at radius 1 is 1.03 bits per heavy atom. The third-order valence-electron chi connectivity index (χ3n) is 4.62. The molecule has 0 radical (unpaired) electrons. The molecule has 6 nitrogen and oxygen atoms in total. The van der Waals surface area contributed by atoms with E-state index >= 15 is 0 Å². The quantitative estimate of drug-likeness (QED) is 0.729. The van der Waals surface area contributed by atoms with Crippen LogP contribution >= 0.6 is 0 Å². The number of amides is 1. The number of ether oxygens (including phenoxy) is 2. The van der Waals surface area contributed by atoms with E-state index in [-0.39, 0.29) is 23.9 Å². The van der Waals surface area contributed by atoms with Crippen molar-refractivity contribution < 1.29 is 23.0 Å². The summed E-state index contributed by atoms with van der Waals surface area (Å²) in [7, 11) is 0. The maximum Gasteiger partial charge on any atom is 0.387 e. The number of nitrogens with one attached hydrogen (secondary N) is 1. The molecule has 29 heavy (non-hydrogen) atoms. The maximum absolute atomic E-state index is 12.5. The fraction of sp³-hybridized carbons (Fsp3) is 0.381. The van der Waals surface area contributed by atoms with Crippen LogP contribution in [0.2, 0.25) is 0 Å². The van der Waals surface area contributed by atoms with Gasteiger partial charge in [0.15, 0.2) is 0 Å². The normalized spacial score (nSPS) is 14.7. The van der Waals surface area contributed by atoms with E-state index in [1.54, 1.807) is 12.1 Å². The van der Waals surface area contributed by atoms with Crippen molar-refractivity contribution in [3.63, 3.8) is 0 Å². The average molecular weight is 405 g/mol. The van der Waals surface area contributed by atoms with Crippen LogP contribution < -0.4 is 19.7 Å². The number of alkyl halides is 2. The molecule has 0 spiro atoms. The van der Waals surface area contributed by atoms with Gasteiger partial charge in [0, 0.05) is 26.2 Å². The number of anilines is 2. The summed E-state index contributed by atoms with van der Waals surface area (Å²) in [6, 6.07) is 14.1. The van der Waals surface area contributed by atoms with Gasteiger partial charge in [-0.2, -0.15) is 8.78 Å². The summed E-state index contributed by atoms with van der Waals surface area (Å²) >= 11 is 0. The summed E-state index contributed by atoms with van der Waals surface area (Å²) in [5.41, 5.74) is 1.29. The van der Waals surface area contributed by atoms with Gasteiger partial charge in [0.05, 0.1) is 24.5 Å². The number of halogens is 2. The molecule has 8 heteroatoms. The van der Waals surface area contributed by atoms with Crippen LogP contribution in [0.3, 0.4) is 0 Å². The number of hydrogen-bond donors (Lipinski definition) is 1. The fourth-order valence-corrected chi connectivity index (χ4v) is 3.30. The molecule has 3 rings (SSSR count). The number of rotatable bonds is 8. The van der Waals surface area contributed by atoms with Gasteiger partial charge in [0.2, 0.25) is 5.91 Å². The summed E-state index contributed by atoms with van der Waals surface area (Å²) in [6.45, 7) is 2.76. The summed E-state index contributed by atoms with van der Waals surface area (Å²) in [5, 5.41) is 2.66. The van der Waals surface area contributed by atoms with Gasteiger partial charge in [-0.15, -0.1) is 0 Å². The molecule has 0 saturated carbocycles. The first-order valence-corrected chi connectivity index (χ1v) is 9.59. The van der Waals surface area contributed by atoms with E-state index in [9.17, 15) is 13.6 Å². The SMILES string of the molecule is CCOc1ccccc1N1CCN(CC(=O)Nc2ccccc2OC(F)F)CC1. The Labute approximate surface area is 169 Å². The number of hydrogen-bond acceptors (Lipinski definition) is 5. The van der Waals surface area contributed by atoms with E-state index in [1.807, 2.05) is 36.1 Å². The van der Waals surface area contributed by atoms with E-state index < -0.39 is 6.61 Å². The number of nitrogens with zero attached hydrogens (tertiary/aromatic N) is 2. The van der Waals surface area contributed by atoms with Crippen LogP contribution in [-0.4, -0.2) is 56.7 Å². The molecular formula is C21H25F2N3O3. The van der Waals surface area contributed by atoms with E-state index in [0.717, 1.165) is 24.5 Å². The van der Waals surface area contributed by atoms with Gasteiger partial charge in [0.1, 0.15) is 11.5 Å². The highest BCUT2D eigenvalue weighted by molar-refractivity contribution is 5.93. The lowest BCUT2D eigenvalue weighted by molar-refractivity contribution is -0.117. The van der Waals surface area contributed by atoms with Crippen molar-refractivity contribution in [2.45, 2.75) is 13.5 Å². The molecule has 0 atom stereocenters. The molecule has 1 amide bonds. The molecule has 1 aliphatic heterocycles. The zero-order valence-electron chi connectivity index (χ0n) is 16.3. The molecule has 1 heterocycles. The van der Waals surface area contributed by atoms with E-state index in [0.29, 0.717) is 19.7 Å². The van der Waals surface area contributed by atoms with Crippen molar-refractivity contribution in [2.75, 3.05) is 49.5 Å². The van der Waals surface area contributed by atoms with E-state index in [4.69, 9.17) is 4.74 Å². The molecule has 1 fully saturated rings. The van der Waals surface area contributed by atoms with Crippen LogP contribution in [0.25, 0.3) is 0 Å². The molecule has 1 saturated heterocycles. The van der Waals surface area contributed by atoms with Crippen molar-refractivity contribution in [1.29, 1.82) is 0 Å². The highest BCUT2D eigenvalue weighted by atomic mass is 19.3. The topological polar surface area (TPSA) is 54.0 Å². The molecule has 0 bridgehead atoms. The third-order valence-corrected chi connectivity index (χ3v) is 4.62. The van der Waals surface area contributed by atoms with Gasteiger partial charge >= 0.3 is 6.61 Å². The third kappa shape index (κ3) is 5.80. The highest BCUT2D eigenvalue weighted by Gasteiger charge is 2.21. The number of carbonyl (C=O) groups is 1. The minimum atomic E-state index is -2.94. The Hall–Kier alpha value is -2.87. The van der Waals surface area contributed by atoms with Gasteiger partial charge in [-0.25, -0.2) is 0 Å². The zero-order chi connectivity index (χ0) is 20.6. The van der Waals surface area contributed by atoms with Gasteiger partial charge in [-0.05, 0) is 31.2 Å². The molecule has 1 aliphatic rings. The Morgan fingerprint density at radius 3 is 2.38 bits per heavy atom. The lowest BCUT2D eigenvalue weighted by atomic mass is 10.2. The maximum atomic E-state index is 12.5. The second-order valence-corrected chi connectivity index (χ2v) is 6.59. The number of para-hydroxylation sites is 4. The highest BCUT2D eigenvalue weighted by Crippen LogP contribution is 2.29. The van der Waals surface area contributed by atoms with Crippen LogP contribution in [0, 0.1) is 0 Å². The summed E-state index contributed by atoms with van der Waals surface area (Å²) in [5.74, 6) is 0.545.